The number of nitrogen functional groups attached to an aromatic ring is 1. The van der Waals surface area contributed by atoms with Crippen LogP contribution in [0.25, 0.3) is 0 Å². The van der Waals surface area contributed by atoms with E-state index >= 15 is 0 Å². The molecule has 0 aromatic carbocycles. The number of hydrogen-bond acceptors (Lipinski definition) is 5. The zero-order chi connectivity index (χ0) is 13.7. The van der Waals surface area contributed by atoms with Crippen LogP contribution in [-0.4, -0.2) is 29.6 Å². The Kier molecular flexibility index (Phi) is 4.80. The molecule has 4 nitrogen and oxygen atoms in total. The standard InChI is InChI=1S/C14H23N3OS/c1-18-12-7-6-11(15)13(17-12)16-10-14(19-2)8-4-3-5-9-14/h6-7H,3-5,8-10,15H2,1-2H3,(H,16,17). The molecule has 1 aliphatic rings. The molecule has 3 N–H and O–H groups in total. The van der Waals surface area contributed by atoms with Gasteiger partial charge >= 0.3 is 0 Å². The van der Waals surface area contributed by atoms with E-state index in [1.807, 2.05) is 17.8 Å². The van der Waals surface area contributed by atoms with Crippen molar-refractivity contribution in [3.05, 3.63) is 12.1 Å². The second kappa shape index (κ2) is 6.37. The Morgan fingerprint density at radius 2 is 2.11 bits per heavy atom. The van der Waals surface area contributed by atoms with Crippen LogP contribution >= 0.6 is 11.8 Å². The quantitative estimate of drug-likeness (QED) is 0.868. The van der Waals surface area contributed by atoms with Crippen LogP contribution in [0.3, 0.4) is 0 Å². The van der Waals surface area contributed by atoms with Gasteiger partial charge in [-0.15, -0.1) is 0 Å². The number of anilines is 2. The number of hydrogen-bond donors (Lipinski definition) is 2. The van der Waals surface area contributed by atoms with Crippen molar-refractivity contribution < 1.29 is 4.74 Å². The van der Waals surface area contributed by atoms with E-state index in [4.69, 9.17) is 10.5 Å². The van der Waals surface area contributed by atoms with E-state index in [0.717, 1.165) is 12.4 Å². The van der Waals surface area contributed by atoms with Crippen LogP contribution in [0, 0.1) is 0 Å². The number of nitrogens with two attached hydrogens (primary N) is 1. The molecule has 19 heavy (non-hydrogen) atoms. The highest BCUT2D eigenvalue weighted by Crippen LogP contribution is 2.38. The van der Waals surface area contributed by atoms with Crippen molar-refractivity contribution in [2.24, 2.45) is 0 Å². The van der Waals surface area contributed by atoms with E-state index in [9.17, 15) is 0 Å². The molecule has 0 spiro atoms. The van der Waals surface area contributed by atoms with E-state index in [-0.39, 0.29) is 0 Å². The van der Waals surface area contributed by atoms with E-state index in [1.165, 1.54) is 32.1 Å². The van der Waals surface area contributed by atoms with Gasteiger partial charge in [-0.25, -0.2) is 0 Å². The average Bonchev–Trinajstić information content (AvgIpc) is 2.47. The minimum absolute atomic E-state index is 0.329. The Hall–Kier alpha value is -1.10. The van der Waals surface area contributed by atoms with Crippen LogP contribution in [-0.2, 0) is 0 Å². The lowest BCUT2D eigenvalue weighted by atomic mass is 9.88. The highest BCUT2D eigenvalue weighted by Gasteiger charge is 2.31. The van der Waals surface area contributed by atoms with Gasteiger partial charge in [0.25, 0.3) is 0 Å². The normalized spacial score (nSPS) is 18.0. The van der Waals surface area contributed by atoms with E-state index in [2.05, 4.69) is 16.6 Å². The first-order valence-electron chi connectivity index (χ1n) is 6.79. The highest BCUT2D eigenvalue weighted by molar-refractivity contribution is 8.00. The fourth-order valence-corrected chi connectivity index (χ4v) is 3.51. The lowest BCUT2D eigenvalue weighted by molar-refractivity contribution is 0.397. The lowest BCUT2D eigenvalue weighted by Crippen LogP contribution is -2.35. The Morgan fingerprint density at radius 3 is 2.74 bits per heavy atom. The number of rotatable bonds is 5. The molecule has 5 heteroatoms. The number of nitrogens with one attached hydrogen (secondary N) is 1. The van der Waals surface area contributed by atoms with E-state index < -0.39 is 0 Å². The van der Waals surface area contributed by atoms with Gasteiger partial charge < -0.3 is 15.8 Å². The predicted octanol–water partition coefficient (Wildman–Crippen LogP) is 3.15. The molecule has 1 aromatic heterocycles. The molecule has 0 unspecified atom stereocenters. The van der Waals surface area contributed by atoms with Gasteiger partial charge in [-0.1, -0.05) is 19.3 Å². The Bertz CT molecular complexity index is 419. The van der Waals surface area contributed by atoms with Gasteiger partial charge in [0.2, 0.25) is 5.88 Å². The molecule has 1 heterocycles. The molecule has 0 atom stereocenters. The first-order valence-corrected chi connectivity index (χ1v) is 8.01. The van der Waals surface area contributed by atoms with Crippen molar-refractivity contribution in [3.63, 3.8) is 0 Å². The molecule has 2 rings (SSSR count). The number of thioether (sulfide) groups is 1. The highest BCUT2D eigenvalue weighted by atomic mass is 32.2. The maximum atomic E-state index is 5.96. The van der Waals surface area contributed by atoms with Crippen LogP contribution in [0.4, 0.5) is 11.5 Å². The third-order valence-corrected chi connectivity index (χ3v) is 5.30. The van der Waals surface area contributed by atoms with Crippen LogP contribution < -0.4 is 15.8 Å². The molecule has 1 fully saturated rings. The summed E-state index contributed by atoms with van der Waals surface area (Å²) in [5.41, 5.74) is 6.63. The maximum absolute atomic E-state index is 5.96. The molecule has 0 aliphatic heterocycles. The summed E-state index contributed by atoms with van der Waals surface area (Å²) >= 11 is 1.97. The molecule has 0 saturated heterocycles. The third-order valence-electron chi connectivity index (χ3n) is 3.89. The smallest absolute Gasteiger partial charge is 0.215 e. The first-order chi connectivity index (χ1) is 9.19. The Morgan fingerprint density at radius 1 is 1.37 bits per heavy atom. The predicted molar refractivity (Wildman–Crippen MR) is 83.0 cm³/mol. The number of pyridine rings is 1. The number of ether oxygens (including phenoxy) is 1. The summed E-state index contributed by atoms with van der Waals surface area (Å²) in [4.78, 5) is 4.37. The van der Waals surface area contributed by atoms with Gasteiger partial charge in [-0.05, 0) is 25.2 Å². The van der Waals surface area contributed by atoms with Crippen LogP contribution in [0.1, 0.15) is 32.1 Å². The van der Waals surface area contributed by atoms with Crippen LogP contribution in [0.5, 0.6) is 5.88 Å². The molecule has 0 radical (unpaired) electrons. The van der Waals surface area contributed by atoms with Gasteiger partial charge in [0.1, 0.15) is 0 Å². The molecule has 0 bridgehead atoms. The summed E-state index contributed by atoms with van der Waals surface area (Å²) in [6.45, 7) is 0.915. The van der Waals surface area contributed by atoms with Gasteiger partial charge in [0.15, 0.2) is 5.82 Å². The van der Waals surface area contributed by atoms with E-state index in [0.29, 0.717) is 16.3 Å². The fraction of sp³-hybridized carbons (Fsp3) is 0.643. The summed E-state index contributed by atoms with van der Waals surface area (Å²) in [7, 11) is 1.62. The van der Waals surface area contributed by atoms with Crippen molar-refractivity contribution in [3.8, 4) is 5.88 Å². The number of nitrogens with zero attached hydrogens (tertiary/aromatic N) is 1. The van der Waals surface area contributed by atoms with Crippen molar-refractivity contribution in [2.45, 2.75) is 36.9 Å². The molecule has 1 aromatic rings. The van der Waals surface area contributed by atoms with Crippen LogP contribution in [0.2, 0.25) is 0 Å². The molecular weight excluding hydrogens is 258 g/mol. The van der Waals surface area contributed by atoms with Crippen LogP contribution in [0.15, 0.2) is 12.1 Å². The van der Waals surface area contributed by atoms with Gasteiger partial charge in [0, 0.05) is 17.4 Å². The zero-order valence-electron chi connectivity index (χ0n) is 11.7. The molecule has 1 aliphatic carbocycles. The van der Waals surface area contributed by atoms with Gasteiger partial charge in [-0.2, -0.15) is 16.7 Å². The van der Waals surface area contributed by atoms with Crippen molar-refractivity contribution >= 4 is 23.3 Å². The van der Waals surface area contributed by atoms with Gasteiger partial charge in [0.05, 0.1) is 12.8 Å². The SMILES string of the molecule is COc1ccc(N)c(NCC2(SC)CCCCC2)n1. The van der Waals surface area contributed by atoms with E-state index in [1.54, 1.807) is 13.2 Å². The lowest BCUT2D eigenvalue weighted by Gasteiger charge is -2.36. The fourth-order valence-electron chi connectivity index (χ4n) is 2.60. The van der Waals surface area contributed by atoms with Crippen molar-refractivity contribution in [2.75, 3.05) is 31.0 Å². The van der Waals surface area contributed by atoms with Crippen molar-refractivity contribution in [1.29, 1.82) is 0 Å². The monoisotopic (exact) mass is 281 g/mol. The topological polar surface area (TPSA) is 60.2 Å². The number of aromatic nitrogens is 1. The molecular formula is C14H23N3OS. The second-order valence-corrected chi connectivity index (χ2v) is 6.37. The minimum atomic E-state index is 0.329. The van der Waals surface area contributed by atoms with Crippen molar-refractivity contribution in [1.82, 2.24) is 4.98 Å². The third kappa shape index (κ3) is 3.47. The molecule has 1 saturated carbocycles. The summed E-state index contributed by atoms with van der Waals surface area (Å²) < 4.78 is 5.47. The summed E-state index contributed by atoms with van der Waals surface area (Å²) in [5.74, 6) is 1.33. The summed E-state index contributed by atoms with van der Waals surface area (Å²) in [5, 5.41) is 3.41. The Labute approximate surface area is 119 Å². The second-order valence-electron chi connectivity index (χ2n) is 5.09. The summed E-state index contributed by atoms with van der Waals surface area (Å²) in [6, 6.07) is 3.62. The molecule has 0 amide bonds. The average molecular weight is 281 g/mol. The zero-order valence-corrected chi connectivity index (χ0v) is 12.6. The number of methoxy groups -OCH3 is 1. The Balaban J connectivity index is 2.04. The van der Waals surface area contributed by atoms with Gasteiger partial charge in [-0.3, -0.25) is 0 Å². The minimum Gasteiger partial charge on any atom is -0.481 e. The maximum Gasteiger partial charge on any atom is 0.215 e. The summed E-state index contributed by atoms with van der Waals surface area (Å²) in [6.07, 6.45) is 8.75. The first kappa shape index (κ1) is 14.3. The molecule has 106 valence electrons. The largest absolute Gasteiger partial charge is 0.481 e.